The van der Waals surface area contributed by atoms with Crippen molar-refractivity contribution in [2.24, 2.45) is 0 Å². The zero-order chi connectivity index (χ0) is 14.5. The summed E-state index contributed by atoms with van der Waals surface area (Å²) in [6.45, 7) is 8.58. The Kier molecular flexibility index (Phi) is 5.79. The van der Waals surface area contributed by atoms with E-state index in [1.807, 2.05) is 6.92 Å². The third-order valence-electron chi connectivity index (χ3n) is 4.06. The molecule has 19 heavy (non-hydrogen) atoms. The first-order valence-electron chi connectivity index (χ1n) is 7.22. The molecule has 1 rings (SSSR count). The summed E-state index contributed by atoms with van der Waals surface area (Å²) in [6, 6.07) is 0. The second-order valence-corrected chi connectivity index (χ2v) is 5.30. The van der Waals surface area contributed by atoms with Gasteiger partial charge in [-0.3, -0.25) is 4.79 Å². The lowest BCUT2D eigenvalue weighted by molar-refractivity contribution is -0.159. The number of nitrogens with zero attached hydrogens (tertiary/aromatic N) is 2. The quantitative estimate of drug-likeness (QED) is 0.824. The molecule has 1 heterocycles. The number of carboxylic acid groups (broad SMARTS) is 1. The van der Waals surface area contributed by atoms with Crippen molar-refractivity contribution in [3.8, 4) is 0 Å². The Balaban J connectivity index is 2.94. The van der Waals surface area contributed by atoms with E-state index >= 15 is 0 Å². The predicted molar refractivity (Wildman–Crippen MR) is 74.0 cm³/mol. The molecule has 5 heteroatoms. The highest BCUT2D eigenvalue weighted by molar-refractivity contribution is 5.86. The van der Waals surface area contributed by atoms with Gasteiger partial charge in [-0.05, 0) is 45.7 Å². The highest BCUT2D eigenvalue weighted by atomic mass is 16.4. The van der Waals surface area contributed by atoms with E-state index in [1.54, 1.807) is 0 Å². The summed E-state index contributed by atoms with van der Waals surface area (Å²) in [5.74, 6) is -1.00. The van der Waals surface area contributed by atoms with Crippen LogP contribution in [-0.2, 0) is 9.59 Å². The van der Waals surface area contributed by atoms with Crippen molar-refractivity contribution in [2.45, 2.75) is 52.0 Å². The Hall–Kier alpha value is -1.10. The number of amides is 1. The first-order valence-corrected chi connectivity index (χ1v) is 7.22. The van der Waals surface area contributed by atoms with Crippen LogP contribution in [0.15, 0.2) is 0 Å². The van der Waals surface area contributed by atoms with Gasteiger partial charge in [0.05, 0.1) is 0 Å². The van der Waals surface area contributed by atoms with Crippen molar-refractivity contribution < 1.29 is 14.7 Å². The summed E-state index contributed by atoms with van der Waals surface area (Å²) >= 11 is 0. The number of likely N-dealkylation sites (tertiary alicyclic amines) is 1. The lowest BCUT2D eigenvalue weighted by Crippen LogP contribution is -2.57. The molecule has 1 unspecified atom stereocenters. The maximum absolute atomic E-state index is 11.8. The van der Waals surface area contributed by atoms with E-state index in [9.17, 15) is 14.7 Å². The molecule has 1 atom stereocenters. The van der Waals surface area contributed by atoms with Crippen LogP contribution in [0.25, 0.3) is 0 Å². The topological polar surface area (TPSA) is 60.9 Å². The minimum Gasteiger partial charge on any atom is -0.479 e. The molecule has 5 nitrogen and oxygen atoms in total. The summed E-state index contributed by atoms with van der Waals surface area (Å²) in [6.07, 6.45) is 2.98. The average Bonchev–Trinajstić information content (AvgIpc) is 2.54. The fraction of sp³-hybridized carbons (Fsp3) is 0.857. The van der Waals surface area contributed by atoms with Crippen LogP contribution in [0, 0.1) is 0 Å². The van der Waals surface area contributed by atoms with Crippen molar-refractivity contribution in [3.05, 3.63) is 0 Å². The first-order chi connectivity index (χ1) is 8.97. The number of hydrogen-bond acceptors (Lipinski definition) is 3. The molecule has 1 saturated heterocycles. The average molecular weight is 270 g/mol. The Morgan fingerprint density at radius 3 is 2.42 bits per heavy atom. The smallest absolute Gasteiger partial charge is 0.329 e. The molecular formula is C14H26N2O3. The van der Waals surface area contributed by atoms with E-state index in [0.29, 0.717) is 19.4 Å². The SMILES string of the molecule is CCCN1CCCC(C(=O)O)(N(CC)C(C)=O)CC1. The Labute approximate surface area is 115 Å². The molecule has 0 spiro atoms. The van der Waals surface area contributed by atoms with E-state index < -0.39 is 11.5 Å². The standard InChI is InChI=1S/C14H26N2O3/c1-4-9-15-10-6-7-14(8-11-15,13(18)19)16(5-2)12(3)17/h4-11H2,1-3H3,(H,18,19). The van der Waals surface area contributed by atoms with Crippen molar-refractivity contribution in [3.63, 3.8) is 0 Å². The Bertz CT molecular complexity index is 333. The fourth-order valence-electron chi connectivity index (χ4n) is 3.14. The highest BCUT2D eigenvalue weighted by Crippen LogP contribution is 2.29. The molecule has 1 fully saturated rings. The minimum atomic E-state index is -1.01. The van der Waals surface area contributed by atoms with Crippen molar-refractivity contribution >= 4 is 11.9 Å². The summed E-state index contributed by atoms with van der Waals surface area (Å²) in [5, 5.41) is 9.67. The zero-order valence-electron chi connectivity index (χ0n) is 12.3. The van der Waals surface area contributed by atoms with Gasteiger partial charge in [0.1, 0.15) is 5.54 Å². The molecule has 0 saturated carbocycles. The maximum Gasteiger partial charge on any atom is 0.329 e. The molecule has 0 radical (unpaired) electrons. The number of aliphatic carboxylic acids is 1. The molecule has 1 amide bonds. The van der Waals surface area contributed by atoms with E-state index in [4.69, 9.17) is 0 Å². The molecule has 0 aliphatic carbocycles. The predicted octanol–water partition coefficient (Wildman–Crippen LogP) is 1.57. The van der Waals surface area contributed by atoms with Gasteiger partial charge in [0.25, 0.3) is 0 Å². The van der Waals surface area contributed by atoms with E-state index in [-0.39, 0.29) is 5.91 Å². The van der Waals surface area contributed by atoms with Gasteiger partial charge in [0.15, 0.2) is 0 Å². The molecule has 0 aromatic rings. The van der Waals surface area contributed by atoms with Gasteiger partial charge in [-0.25, -0.2) is 4.79 Å². The van der Waals surface area contributed by atoms with E-state index in [1.165, 1.54) is 11.8 Å². The van der Waals surface area contributed by atoms with Crippen molar-refractivity contribution in [1.29, 1.82) is 0 Å². The number of hydrogen-bond donors (Lipinski definition) is 1. The highest BCUT2D eigenvalue weighted by Gasteiger charge is 2.45. The van der Waals surface area contributed by atoms with Crippen molar-refractivity contribution in [1.82, 2.24) is 9.80 Å². The van der Waals surface area contributed by atoms with E-state index in [0.717, 1.165) is 32.5 Å². The van der Waals surface area contributed by atoms with Crippen LogP contribution in [0.1, 0.15) is 46.5 Å². The van der Waals surface area contributed by atoms with Crippen LogP contribution in [-0.4, -0.2) is 58.5 Å². The minimum absolute atomic E-state index is 0.145. The van der Waals surface area contributed by atoms with Crippen LogP contribution >= 0.6 is 0 Å². The van der Waals surface area contributed by atoms with Crippen molar-refractivity contribution in [2.75, 3.05) is 26.2 Å². The first kappa shape index (κ1) is 16.0. The van der Waals surface area contributed by atoms with Crippen LogP contribution in [0.5, 0.6) is 0 Å². The monoisotopic (exact) mass is 270 g/mol. The van der Waals surface area contributed by atoms with Gasteiger partial charge in [0.2, 0.25) is 5.91 Å². The third kappa shape index (κ3) is 3.47. The largest absolute Gasteiger partial charge is 0.479 e. The Morgan fingerprint density at radius 2 is 1.95 bits per heavy atom. The fourth-order valence-corrected chi connectivity index (χ4v) is 3.14. The molecule has 1 N–H and O–H groups in total. The summed E-state index contributed by atoms with van der Waals surface area (Å²) < 4.78 is 0. The number of rotatable bonds is 5. The van der Waals surface area contributed by atoms with E-state index in [2.05, 4.69) is 11.8 Å². The van der Waals surface area contributed by atoms with Gasteiger partial charge in [-0.15, -0.1) is 0 Å². The summed E-state index contributed by atoms with van der Waals surface area (Å²) in [7, 11) is 0. The zero-order valence-corrected chi connectivity index (χ0v) is 12.3. The summed E-state index contributed by atoms with van der Waals surface area (Å²) in [5.41, 5.74) is -1.01. The summed E-state index contributed by atoms with van der Waals surface area (Å²) in [4.78, 5) is 27.4. The van der Waals surface area contributed by atoms with Crippen LogP contribution in [0.4, 0.5) is 0 Å². The molecule has 110 valence electrons. The van der Waals surface area contributed by atoms with Crippen LogP contribution in [0.3, 0.4) is 0 Å². The normalized spacial score (nSPS) is 24.8. The third-order valence-corrected chi connectivity index (χ3v) is 4.06. The number of carbonyl (C=O) groups excluding carboxylic acids is 1. The maximum atomic E-state index is 11.8. The number of likely N-dealkylation sites (N-methyl/N-ethyl adjacent to an activating group) is 1. The van der Waals surface area contributed by atoms with Gasteiger partial charge in [-0.1, -0.05) is 6.92 Å². The van der Waals surface area contributed by atoms with Gasteiger partial charge < -0.3 is 14.9 Å². The molecule has 0 bridgehead atoms. The number of carboxylic acids is 1. The number of carbonyl (C=O) groups is 2. The molecular weight excluding hydrogens is 244 g/mol. The van der Waals surface area contributed by atoms with Gasteiger partial charge in [-0.2, -0.15) is 0 Å². The lowest BCUT2D eigenvalue weighted by atomic mass is 9.88. The van der Waals surface area contributed by atoms with Gasteiger partial charge >= 0.3 is 5.97 Å². The molecule has 1 aliphatic heterocycles. The van der Waals surface area contributed by atoms with Crippen LogP contribution in [0.2, 0.25) is 0 Å². The second-order valence-electron chi connectivity index (χ2n) is 5.30. The molecule has 0 aromatic carbocycles. The van der Waals surface area contributed by atoms with Gasteiger partial charge in [0, 0.05) is 20.0 Å². The lowest BCUT2D eigenvalue weighted by Gasteiger charge is -2.39. The molecule has 1 aliphatic rings. The van der Waals surface area contributed by atoms with Crippen LogP contribution < -0.4 is 0 Å². The second kappa shape index (κ2) is 6.89. The Morgan fingerprint density at radius 1 is 1.26 bits per heavy atom. The molecule has 0 aromatic heterocycles.